The fraction of sp³-hybridized carbons (Fsp3) is 0.227. The third-order valence-corrected chi connectivity index (χ3v) is 5.24. The van der Waals surface area contributed by atoms with Gasteiger partial charge in [0.15, 0.2) is 6.04 Å². The normalized spacial score (nSPS) is 18.6. The number of benzene rings is 2. The van der Waals surface area contributed by atoms with E-state index in [0.717, 1.165) is 27.9 Å². The molecule has 1 unspecified atom stereocenters. The molecule has 0 aliphatic heterocycles. The zero-order valence-electron chi connectivity index (χ0n) is 16.1. The Bertz CT molecular complexity index is 1150. The lowest BCUT2D eigenvalue weighted by Gasteiger charge is -2.24. The topological polar surface area (TPSA) is 73.2 Å². The van der Waals surface area contributed by atoms with E-state index in [0.29, 0.717) is 12.5 Å². The zero-order chi connectivity index (χ0) is 21.3. The van der Waals surface area contributed by atoms with Crippen molar-refractivity contribution in [1.82, 2.24) is 15.1 Å². The molecule has 2 aromatic carbocycles. The summed E-state index contributed by atoms with van der Waals surface area (Å²) in [5, 5.41) is 6.81. The molecule has 0 spiro atoms. The average Bonchev–Trinajstić information content (AvgIpc) is 3.08. The highest BCUT2D eigenvalue weighted by atomic mass is 19.1. The largest absolute Gasteiger partial charge is 0.375 e. The van der Waals surface area contributed by atoms with Crippen LogP contribution in [0.5, 0.6) is 0 Å². The summed E-state index contributed by atoms with van der Waals surface area (Å²) in [5.74, 6) is -2.36. The number of nitrogens with one attached hydrogen (secondary N) is 1. The van der Waals surface area contributed by atoms with E-state index in [9.17, 15) is 18.4 Å². The van der Waals surface area contributed by atoms with E-state index in [1.807, 2.05) is 24.3 Å². The molecule has 3 aromatic rings. The Hall–Kier alpha value is -3.39. The maximum atomic E-state index is 14.6. The number of hydrogen-bond donors (Lipinski definition) is 1. The number of carbonyl (C=O) groups excluding carboxylic acids is 1. The molecule has 1 aliphatic carbocycles. The van der Waals surface area contributed by atoms with Crippen LogP contribution in [-0.2, 0) is 16.0 Å². The van der Waals surface area contributed by atoms with Crippen LogP contribution in [0, 0.1) is 11.6 Å². The van der Waals surface area contributed by atoms with E-state index in [1.165, 1.54) is 18.3 Å². The molecule has 3 atom stereocenters. The van der Waals surface area contributed by atoms with E-state index in [4.69, 9.17) is 4.74 Å². The van der Waals surface area contributed by atoms with E-state index >= 15 is 0 Å². The van der Waals surface area contributed by atoms with Crippen molar-refractivity contribution < 1.29 is 18.3 Å². The molecule has 0 bridgehead atoms. The van der Waals surface area contributed by atoms with Crippen molar-refractivity contribution in [2.24, 2.45) is 0 Å². The van der Waals surface area contributed by atoms with Gasteiger partial charge in [-0.3, -0.25) is 9.59 Å². The molecule has 0 fully saturated rings. The quantitative estimate of drug-likeness (QED) is 0.700. The Morgan fingerprint density at radius 3 is 2.73 bits per heavy atom. The summed E-state index contributed by atoms with van der Waals surface area (Å²) in [6, 6.07) is 11.4. The van der Waals surface area contributed by atoms with Gasteiger partial charge in [-0.15, -0.1) is 0 Å². The first-order valence-electron chi connectivity index (χ1n) is 9.39. The van der Waals surface area contributed by atoms with E-state index in [-0.39, 0.29) is 11.7 Å². The first kappa shape index (κ1) is 19.9. The van der Waals surface area contributed by atoms with Crippen molar-refractivity contribution in [2.75, 3.05) is 7.11 Å². The van der Waals surface area contributed by atoms with E-state index in [2.05, 4.69) is 10.4 Å². The summed E-state index contributed by atoms with van der Waals surface area (Å²) in [4.78, 5) is 25.6. The van der Waals surface area contributed by atoms with Gasteiger partial charge in [-0.2, -0.15) is 5.10 Å². The van der Waals surface area contributed by atoms with Crippen LogP contribution in [0.1, 0.15) is 28.8 Å². The van der Waals surface area contributed by atoms with Crippen molar-refractivity contribution in [3.8, 4) is 0 Å². The van der Waals surface area contributed by atoms with Gasteiger partial charge in [-0.25, -0.2) is 13.5 Å². The van der Waals surface area contributed by atoms with Crippen LogP contribution in [0.3, 0.4) is 0 Å². The molecule has 6 nitrogen and oxygen atoms in total. The Labute approximate surface area is 171 Å². The highest BCUT2D eigenvalue weighted by Crippen LogP contribution is 2.34. The van der Waals surface area contributed by atoms with Crippen LogP contribution in [0.25, 0.3) is 0 Å². The fourth-order valence-electron chi connectivity index (χ4n) is 3.91. The van der Waals surface area contributed by atoms with E-state index in [1.54, 1.807) is 7.11 Å². The van der Waals surface area contributed by atoms with Crippen LogP contribution < -0.4 is 10.9 Å². The number of hydrogen-bond acceptors (Lipinski definition) is 4. The van der Waals surface area contributed by atoms with Crippen LogP contribution in [0.15, 0.2) is 65.6 Å². The lowest BCUT2D eigenvalue weighted by molar-refractivity contribution is -0.125. The van der Waals surface area contributed by atoms with Gasteiger partial charge >= 0.3 is 0 Å². The maximum Gasteiger partial charge on any atom is 0.267 e. The summed E-state index contributed by atoms with van der Waals surface area (Å²) in [5.41, 5.74) is 1.26. The van der Waals surface area contributed by atoms with Gasteiger partial charge in [0.2, 0.25) is 5.91 Å². The van der Waals surface area contributed by atoms with Gasteiger partial charge in [0.1, 0.15) is 17.7 Å². The molecule has 0 saturated heterocycles. The number of carbonyl (C=O) groups is 1. The van der Waals surface area contributed by atoms with Crippen molar-refractivity contribution in [1.29, 1.82) is 0 Å². The number of rotatable bonds is 5. The monoisotopic (exact) mass is 411 g/mol. The molecule has 30 heavy (non-hydrogen) atoms. The third-order valence-electron chi connectivity index (χ3n) is 5.24. The molecule has 0 radical (unpaired) electrons. The second-order valence-corrected chi connectivity index (χ2v) is 7.05. The zero-order valence-corrected chi connectivity index (χ0v) is 16.1. The Morgan fingerprint density at radius 2 is 2.00 bits per heavy atom. The second-order valence-electron chi connectivity index (χ2n) is 7.05. The third kappa shape index (κ3) is 3.61. The van der Waals surface area contributed by atoms with Gasteiger partial charge < -0.3 is 10.1 Å². The molecule has 1 aliphatic rings. The minimum absolute atomic E-state index is 0.154. The SMILES string of the molecule is CO[C@H]1c2ccccc2C[C@@H]1NC(=O)C(c1ccc(F)cc1F)n1ncccc1=O. The van der Waals surface area contributed by atoms with Crippen LogP contribution in [0.2, 0.25) is 0 Å². The summed E-state index contributed by atoms with van der Waals surface area (Å²) >= 11 is 0. The van der Waals surface area contributed by atoms with Crippen molar-refractivity contribution in [3.63, 3.8) is 0 Å². The molecule has 1 amide bonds. The molecule has 1 N–H and O–H groups in total. The van der Waals surface area contributed by atoms with Crippen molar-refractivity contribution in [3.05, 3.63) is 99.5 Å². The smallest absolute Gasteiger partial charge is 0.267 e. The van der Waals surface area contributed by atoms with Gasteiger partial charge in [0.25, 0.3) is 5.56 Å². The minimum atomic E-state index is -1.40. The predicted molar refractivity (Wildman–Crippen MR) is 105 cm³/mol. The fourth-order valence-corrected chi connectivity index (χ4v) is 3.91. The number of ether oxygens (including phenoxy) is 1. The summed E-state index contributed by atoms with van der Waals surface area (Å²) < 4.78 is 34.5. The molecule has 8 heteroatoms. The number of methoxy groups -OCH3 is 1. The number of aromatic nitrogens is 2. The first-order valence-corrected chi connectivity index (χ1v) is 9.39. The highest BCUT2D eigenvalue weighted by Gasteiger charge is 2.36. The van der Waals surface area contributed by atoms with Gasteiger partial charge in [0, 0.05) is 31.0 Å². The molecule has 154 valence electrons. The summed E-state index contributed by atoms with van der Waals surface area (Å²) in [6.45, 7) is 0. The maximum absolute atomic E-state index is 14.6. The predicted octanol–water partition coefficient (Wildman–Crippen LogP) is 2.54. The first-order chi connectivity index (χ1) is 14.5. The van der Waals surface area contributed by atoms with Crippen LogP contribution in [0.4, 0.5) is 8.78 Å². The molecular formula is C22H19F2N3O3. The highest BCUT2D eigenvalue weighted by molar-refractivity contribution is 5.84. The van der Waals surface area contributed by atoms with Gasteiger partial charge in [-0.1, -0.05) is 30.3 Å². The molecular weight excluding hydrogens is 392 g/mol. The van der Waals surface area contributed by atoms with E-state index < -0.39 is 35.2 Å². The summed E-state index contributed by atoms with van der Waals surface area (Å²) in [7, 11) is 1.55. The standard InChI is InChI=1S/C22H19F2N3O3/c1-30-21-15-6-3-2-5-13(15)11-18(21)26-22(29)20(27-19(28)7-4-10-25-27)16-9-8-14(23)12-17(16)24/h2-10,12,18,20-21H,11H2,1H3,(H,26,29)/t18-,20?,21-/m0/s1. The van der Waals surface area contributed by atoms with Gasteiger partial charge in [-0.05, 0) is 29.7 Å². The lowest BCUT2D eigenvalue weighted by atomic mass is 10.0. The van der Waals surface area contributed by atoms with Crippen LogP contribution in [-0.4, -0.2) is 28.8 Å². The molecule has 1 aromatic heterocycles. The Kier molecular flexibility index (Phi) is 5.41. The van der Waals surface area contributed by atoms with Gasteiger partial charge in [0.05, 0.1) is 6.04 Å². The number of fused-ring (bicyclic) bond motifs is 1. The number of amides is 1. The lowest BCUT2D eigenvalue weighted by Crippen LogP contribution is -2.45. The average molecular weight is 411 g/mol. The number of halogens is 2. The Balaban J connectivity index is 1.70. The molecule has 0 saturated carbocycles. The minimum Gasteiger partial charge on any atom is -0.375 e. The number of nitrogens with zero attached hydrogens (tertiary/aromatic N) is 2. The van der Waals surface area contributed by atoms with Crippen molar-refractivity contribution in [2.45, 2.75) is 24.6 Å². The molecule has 1 heterocycles. The summed E-state index contributed by atoms with van der Waals surface area (Å²) in [6.07, 6.45) is 1.46. The molecule has 4 rings (SSSR count). The Morgan fingerprint density at radius 1 is 1.20 bits per heavy atom. The van der Waals surface area contributed by atoms with Crippen molar-refractivity contribution >= 4 is 5.91 Å². The van der Waals surface area contributed by atoms with Crippen LogP contribution >= 0.6 is 0 Å². The second kappa shape index (κ2) is 8.16.